The molecule has 0 N–H and O–H groups in total. The van der Waals surface area contributed by atoms with Gasteiger partial charge in [-0.15, -0.1) is 0 Å². The summed E-state index contributed by atoms with van der Waals surface area (Å²) >= 11 is 0. The minimum Gasteiger partial charge on any atom is -0.469 e. The molecule has 28 heavy (non-hydrogen) atoms. The van der Waals surface area contributed by atoms with E-state index in [0.717, 1.165) is 29.8 Å². The van der Waals surface area contributed by atoms with Crippen LogP contribution in [-0.4, -0.2) is 50.8 Å². The molecule has 0 heterocycles. The number of anilines is 1. The van der Waals surface area contributed by atoms with Crippen molar-refractivity contribution in [1.82, 2.24) is 5.01 Å². The van der Waals surface area contributed by atoms with Crippen molar-refractivity contribution in [3.8, 4) is 0 Å². The number of benzene rings is 1. The number of methoxy groups -OCH3 is 1. The van der Waals surface area contributed by atoms with Gasteiger partial charge in [0.25, 0.3) is 0 Å². The van der Waals surface area contributed by atoms with Crippen molar-refractivity contribution in [2.45, 2.75) is 52.6 Å². The van der Waals surface area contributed by atoms with Crippen molar-refractivity contribution in [3.63, 3.8) is 0 Å². The number of ether oxygens (including phenoxy) is 1. The predicted molar refractivity (Wildman–Crippen MR) is 116 cm³/mol. The highest BCUT2D eigenvalue weighted by molar-refractivity contribution is 5.73. The van der Waals surface area contributed by atoms with Gasteiger partial charge in [-0.05, 0) is 43.9 Å². The van der Waals surface area contributed by atoms with E-state index in [1.165, 1.54) is 7.11 Å². The van der Waals surface area contributed by atoms with Crippen molar-refractivity contribution >= 4 is 11.7 Å². The number of hydrogen-bond acceptors (Lipinski definition) is 5. The molecule has 6 heteroatoms. The molecule has 1 rings (SSSR count). The van der Waals surface area contributed by atoms with E-state index in [9.17, 15) is 4.79 Å². The van der Waals surface area contributed by atoms with Crippen molar-refractivity contribution in [1.29, 1.82) is 0 Å². The SMILES string of the molecule is C=C(C)C(CCN(C)/N=N\[C@@H](C)C(C)C)N(C)c1cccc(CC(=O)OC)c1. The Morgan fingerprint density at radius 1 is 1.25 bits per heavy atom. The lowest BCUT2D eigenvalue weighted by Gasteiger charge is -2.31. The molecule has 1 aromatic rings. The molecule has 0 aliphatic carbocycles. The number of carbonyl (C=O) groups excluding carboxylic acids is 1. The van der Waals surface area contributed by atoms with Gasteiger partial charge in [0, 0.05) is 26.3 Å². The maximum atomic E-state index is 11.6. The third-order valence-corrected chi connectivity index (χ3v) is 5.01. The molecule has 2 atom stereocenters. The molecule has 0 fully saturated rings. The van der Waals surface area contributed by atoms with Crippen molar-refractivity contribution < 1.29 is 9.53 Å². The fourth-order valence-electron chi connectivity index (χ4n) is 2.73. The van der Waals surface area contributed by atoms with E-state index in [4.69, 9.17) is 4.74 Å². The Bertz CT molecular complexity index is 672. The fourth-order valence-corrected chi connectivity index (χ4v) is 2.73. The number of nitrogens with zero attached hydrogens (tertiary/aromatic N) is 4. The summed E-state index contributed by atoms with van der Waals surface area (Å²) in [7, 11) is 5.41. The summed E-state index contributed by atoms with van der Waals surface area (Å²) in [5, 5.41) is 10.6. The number of esters is 1. The van der Waals surface area contributed by atoms with Crippen LogP contribution in [0.25, 0.3) is 0 Å². The van der Waals surface area contributed by atoms with Crippen LogP contribution >= 0.6 is 0 Å². The summed E-state index contributed by atoms with van der Waals surface area (Å²) < 4.78 is 4.77. The topological polar surface area (TPSA) is 57.5 Å². The van der Waals surface area contributed by atoms with Gasteiger partial charge in [0.2, 0.25) is 0 Å². The Morgan fingerprint density at radius 2 is 1.93 bits per heavy atom. The van der Waals surface area contributed by atoms with E-state index in [1.54, 1.807) is 0 Å². The largest absolute Gasteiger partial charge is 0.469 e. The first-order valence-corrected chi connectivity index (χ1v) is 9.81. The lowest BCUT2D eigenvalue weighted by Crippen LogP contribution is -2.35. The number of rotatable bonds is 11. The van der Waals surface area contributed by atoms with Crippen LogP contribution in [-0.2, 0) is 16.0 Å². The third kappa shape index (κ3) is 7.71. The van der Waals surface area contributed by atoms with E-state index in [2.05, 4.69) is 49.6 Å². The van der Waals surface area contributed by atoms with Crippen LogP contribution in [0.15, 0.2) is 46.8 Å². The summed E-state index contributed by atoms with van der Waals surface area (Å²) in [4.78, 5) is 13.8. The van der Waals surface area contributed by atoms with E-state index < -0.39 is 0 Å². The van der Waals surface area contributed by atoms with Gasteiger partial charge in [-0.25, -0.2) is 0 Å². The molecular formula is C22H36N4O2. The molecule has 0 saturated heterocycles. The number of hydrogen-bond donors (Lipinski definition) is 0. The zero-order valence-electron chi connectivity index (χ0n) is 18.5. The lowest BCUT2D eigenvalue weighted by atomic mass is 10.0. The second-order valence-electron chi connectivity index (χ2n) is 7.76. The summed E-state index contributed by atoms with van der Waals surface area (Å²) in [6.07, 6.45) is 1.14. The van der Waals surface area contributed by atoms with Crippen LogP contribution in [0.4, 0.5) is 5.69 Å². The molecule has 156 valence electrons. The molecule has 0 aliphatic heterocycles. The van der Waals surface area contributed by atoms with Crippen LogP contribution in [0.2, 0.25) is 0 Å². The summed E-state index contributed by atoms with van der Waals surface area (Å²) in [6, 6.07) is 8.35. The van der Waals surface area contributed by atoms with Crippen molar-refractivity contribution in [2.24, 2.45) is 16.3 Å². The van der Waals surface area contributed by atoms with Gasteiger partial charge in [0.05, 0.1) is 25.6 Å². The van der Waals surface area contributed by atoms with Gasteiger partial charge < -0.3 is 9.64 Å². The Morgan fingerprint density at radius 3 is 2.50 bits per heavy atom. The summed E-state index contributed by atoms with van der Waals surface area (Å²) in [5.41, 5.74) is 3.07. The van der Waals surface area contributed by atoms with Gasteiger partial charge in [0.15, 0.2) is 0 Å². The first-order valence-electron chi connectivity index (χ1n) is 9.81. The minimum atomic E-state index is -0.237. The molecule has 0 saturated carbocycles. The quantitative estimate of drug-likeness (QED) is 0.242. The van der Waals surface area contributed by atoms with Crippen LogP contribution in [0.3, 0.4) is 0 Å². The average molecular weight is 389 g/mol. The van der Waals surface area contributed by atoms with Crippen molar-refractivity contribution in [2.75, 3.05) is 32.6 Å². The molecule has 0 radical (unpaired) electrons. The van der Waals surface area contributed by atoms with Gasteiger partial charge in [-0.2, -0.15) is 5.11 Å². The van der Waals surface area contributed by atoms with E-state index in [-0.39, 0.29) is 24.5 Å². The minimum absolute atomic E-state index is 0.161. The molecule has 0 aromatic heterocycles. The number of likely N-dealkylation sites (N-methyl/N-ethyl adjacent to an activating group) is 1. The summed E-state index contributed by atoms with van der Waals surface area (Å²) in [5.74, 6) is 0.239. The van der Waals surface area contributed by atoms with Gasteiger partial charge in [0.1, 0.15) is 0 Å². The highest BCUT2D eigenvalue weighted by atomic mass is 16.5. The highest BCUT2D eigenvalue weighted by Crippen LogP contribution is 2.22. The maximum Gasteiger partial charge on any atom is 0.309 e. The molecule has 1 aromatic carbocycles. The van der Waals surface area contributed by atoms with E-state index in [0.29, 0.717) is 5.92 Å². The Kier molecular flexibility index (Phi) is 9.69. The molecule has 0 amide bonds. The van der Waals surface area contributed by atoms with Crippen LogP contribution in [0.5, 0.6) is 0 Å². The van der Waals surface area contributed by atoms with Crippen molar-refractivity contribution in [3.05, 3.63) is 42.0 Å². The van der Waals surface area contributed by atoms with Crippen LogP contribution in [0.1, 0.15) is 39.7 Å². The predicted octanol–water partition coefficient (Wildman–Crippen LogP) is 4.52. The van der Waals surface area contributed by atoms with Gasteiger partial charge in [-0.1, -0.05) is 43.4 Å². The fraction of sp³-hybridized carbons (Fsp3) is 0.591. The second-order valence-corrected chi connectivity index (χ2v) is 7.76. The standard InChI is InChI=1S/C22H36N4O2/c1-16(2)18(5)23-24-25(6)13-12-21(17(3)4)26(7)20-11-9-10-19(14-20)15-22(27)28-8/h9-11,14,16,18,21H,3,12-13,15H2,1-2,4-8H3/b24-23-/t18-,21?/m0/s1. The molecular weight excluding hydrogens is 352 g/mol. The molecule has 1 unspecified atom stereocenters. The highest BCUT2D eigenvalue weighted by Gasteiger charge is 2.17. The van der Waals surface area contributed by atoms with Crippen LogP contribution in [0, 0.1) is 5.92 Å². The molecule has 0 bridgehead atoms. The summed E-state index contributed by atoms with van der Waals surface area (Å²) in [6.45, 7) is 13.4. The molecule has 0 spiro atoms. The zero-order chi connectivity index (χ0) is 21.3. The molecule has 0 aliphatic rings. The first-order chi connectivity index (χ1) is 13.1. The zero-order valence-corrected chi connectivity index (χ0v) is 18.5. The average Bonchev–Trinajstić information content (AvgIpc) is 2.65. The van der Waals surface area contributed by atoms with E-state index in [1.807, 2.05) is 43.2 Å². The maximum absolute atomic E-state index is 11.6. The number of carbonyl (C=O) groups is 1. The third-order valence-electron chi connectivity index (χ3n) is 5.01. The lowest BCUT2D eigenvalue weighted by molar-refractivity contribution is -0.139. The van der Waals surface area contributed by atoms with Gasteiger partial charge in [-0.3, -0.25) is 9.80 Å². The Balaban J connectivity index is 2.79. The Hall–Kier alpha value is -2.37. The normalized spacial score (nSPS) is 13.4. The Labute approximate surface area is 170 Å². The van der Waals surface area contributed by atoms with Crippen LogP contribution < -0.4 is 4.90 Å². The monoisotopic (exact) mass is 388 g/mol. The van der Waals surface area contributed by atoms with E-state index >= 15 is 0 Å². The molecule has 6 nitrogen and oxygen atoms in total. The first kappa shape index (κ1) is 23.7. The second kappa shape index (κ2) is 11.5. The van der Waals surface area contributed by atoms with Gasteiger partial charge >= 0.3 is 5.97 Å². The smallest absolute Gasteiger partial charge is 0.309 e.